The van der Waals surface area contributed by atoms with Gasteiger partial charge >= 0.3 is 0 Å². The zero-order chi connectivity index (χ0) is 15.4. The number of methoxy groups -OCH3 is 1. The molecule has 0 spiro atoms. The summed E-state index contributed by atoms with van der Waals surface area (Å²) in [5.41, 5.74) is 1.02. The summed E-state index contributed by atoms with van der Waals surface area (Å²) in [4.78, 5) is 4.30. The maximum atomic E-state index is 14.1. The van der Waals surface area contributed by atoms with Gasteiger partial charge in [0.05, 0.1) is 7.11 Å². The molecule has 1 aromatic heterocycles. The van der Waals surface area contributed by atoms with Crippen LogP contribution in [0.2, 0.25) is 0 Å². The van der Waals surface area contributed by atoms with Gasteiger partial charge in [-0.2, -0.15) is 0 Å². The summed E-state index contributed by atoms with van der Waals surface area (Å²) in [5, 5.41) is 3.34. The van der Waals surface area contributed by atoms with E-state index in [0.29, 0.717) is 17.5 Å². The Hall–Kier alpha value is -1.56. The number of nitrogens with zero attached hydrogens (tertiary/aromatic N) is 1. The molecule has 0 saturated carbocycles. The summed E-state index contributed by atoms with van der Waals surface area (Å²) < 4.78 is 25.0. The van der Waals surface area contributed by atoms with Crippen LogP contribution in [0.3, 0.4) is 0 Å². The summed E-state index contributed by atoms with van der Waals surface area (Å²) in [6, 6.07) is 8.51. The Morgan fingerprint density at radius 3 is 2.58 bits per heavy atom. The fourth-order valence-electron chi connectivity index (χ4n) is 2.78. The lowest BCUT2D eigenvalue weighted by Gasteiger charge is -2.24. The molecule has 1 aromatic carbocycles. The van der Waals surface area contributed by atoms with E-state index in [1.807, 2.05) is 12.1 Å². The number of ether oxygens (including phenoxy) is 2. The van der Waals surface area contributed by atoms with Gasteiger partial charge < -0.3 is 14.8 Å². The van der Waals surface area contributed by atoms with E-state index in [1.54, 1.807) is 18.3 Å². The van der Waals surface area contributed by atoms with E-state index < -0.39 is 5.82 Å². The van der Waals surface area contributed by atoms with Gasteiger partial charge in [0.25, 0.3) is 0 Å². The van der Waals surface area contributed by atoms with Crippen molar-refractivity contribution in [3.63, 3.8) is 0 Å². The van der Waals surface area contributed by atoms with Crippen molar-refractivity contribution < 1.29 is 13.9 Å². The highest BCUT2D eigenvalue weighted by atomic mass is 35.5. The van der Waals surface area contributed by atoms with E-state index in [2.05, 4.69) is 10.3 Å². The zero-order valence-corrected chi connectivity index (χ0v) is 15.0. The lowest BCUT2D eigenvalue weighted by Crippen LogP contribution is -2.26. The summed E-state index contributed by atoms with van der Waals surface area (Å²) in [6.07, 6.45) is 3.71. The van der Waals surface area contributed by atoms with Gasteiger partial charge in [-0.1, -0.05) is 12.1 Å². The molecule has 0 bridgehead atoms. The molecule has 24 heavy (non-hydrogen) atoms. The van der Waals surface area contributed by atoms with Crippen molar-refractivity contribution in [2.75, 3.05) is 20.2 Å². The molecule has 0 atom stereocenters. The lowest BCUT2D eigenvalue weighted by atomic mass is 9.91. The smallest absolute Gasteiger partial charge is 0.223 e. The molecule has 2 heterocycles. The van der Waals surface area contributed by atoms with E-state index in [1.165, 1.54) is 13.2 Å². The quantitative estimate of drug-likeness (QED) is 0.864. The van der Waals surface area contributed by atoms with E-state index in [4.69, 9.17) is 9.47 Å². The standard InChI is InChI=1S/C17H19FN2O2.2ClH/c1-21-15-6-2-5-14(18)16(15)22-17-13(4-3-9-20-17)12-7-10-19-11-8-12;;/h2-6,9,12,19H,7-8,10-11H2,1H3;2*1H. The van der Waals surface area contributed by atoms with Crippen LogP contribution < -0.4 is 14.8 Å². The molecule has 4 nitrogen and oxygen atoms in total. The average molecular weight is 375 g/mol. The van der Waals surface area contributed by atoms with Crippen molar-refractivity contribution in [3.8, 4) is 17.4 Å². The van der Waals surface area contributed by atoms with Crippen LogP contribution in [0.4, 0.5) is 4.39 Å². The first-order chi connectivity index (χ1) is 10.8. The molecule has 1 aliphatic heterocycles. The van der Waals surface area contributed by atoms with Gasteiger partial charge in [0.2, 0.25) is 11.6 Å². The number of piperidine rings is 1. The molecule has 0 amide bonds. The van der Waals surface area contributed by atoms with Gasteiger partial charge in [0.15, 0.2) is 11.6 Å². The third-order valence-electron chi connectivity index (χ3n) is 3.93. The average Bonchev–Trinajstić information content (AvgIpc) is 2.58. The first kappa shape index (κ1) is 20.5. The van der Waals surface area contributed by atoms with Crippen molar-refractivity contribution in [1.29, 1.82) is 0 Å². The molecule has 3 rings (SSSR count). The number of halogens is 3. The van der Waals surface area contributed by atoms with Crippen LogP contribution in [0.15, 0.2) is 36.5 Å². The fraction of sp³-hybridized carbons (Fsp3) is 0.353. The maximum absolute atomic E-state index is 14.1. The number of hydrogen-bond acceptors (Lipinski definition) is 4. The highest BCUT2D eigenvalue weighted by molar-refractivity contribution is 5.85. The van der Waals surface area contributed by atoms with E-state index in [9.17, 15) is 4.39 Å². The SMILES string of the molecule is COc1cccc(F)c1Oc1ncccc1C1CCNCC1.Cl.Cl. The second-order valence-electron chi connectivity index (χ2n) is 5.30. The first-order valence-corrected chi connectivity index (χ1v) is 7.45. The highest BCUT2D eigenvalue weighted by Gasteiger charge is 2.21. The lowest BCUT2D eigenvalue weighted by molar-refractivity contribution is 0.352. The molecule has 1 saturated heterocycles. The molecule has 1 aliphatic rings. The maximum Gasteiger partial charge on any atom is 0.223 e. The first-order valence-electron chi connectivity index (χ1n) is 7.45. The summed E-state index contributed by atoms with van der Waals surface area (Å²) >= 11 is 0. The Balaban J connectivity index is 0.00000144. The summed E-state index contributed by atoms with van der Waals surface area (Å²) in [7, 11) is 1.49. The summed E-state index contributed by atoms with van der Waals surface area (Å²) in [5.74, 6) is 0.822. The molecule has 0 unspecified atom stereocenters. The molecule has 132 valence electrons. The molecule has 7 heteroatoms. The Morgan fingerprint density at radius 1 is 1.12 bits per heavy atom. The van der Waals surface area contributed by atoms with Crippen molar-refractivity contribution >= 4 is 24.8 Å². The Bertz CT molecular complexity index is 652. The van der Waals surface area contributed by atoms with Crippen LogP contribution in [-0.2, 0) is 0 Å². The third-order valence-corrected chi connectivity index (χ3v) is 3.93. The zero-order valence-electron chi connectivity index (χ0n) is 13.3. The molecule has 1 fully saturated rings. The number of rotatable bonds is 4. The van der Waals surface area contributed by atoms with Gasteiger partial charge in [0, 0.05) is 11.8 Å². The number of hydrogen-bond donors (Lipinski definition) is 1. The number of aromatic nitrogens is 1. The van der Waals surface area contributed by atoms with Crippen LogP contribution in [0.1, 0.15) is 24.3 Å². The largest absolute Gasteiger partial charge is 0.493 e. The van der Waals surface area contributed by atoms with E-state index in [-0.39, 0.29) is 30.6 Å². The van der Waals surface area contributed by atoms with Gasteiger partial charge in [-0.05, 0) is 50.0 Å². The van der Waals surface area contributed by atoms with Crippen LogP contribution in [0.5, 0.6) is 17.4 Å². The number of nitrogens with one attached hydrogen (secondary N) is 1. The third kappa shape index (κ3) is 4.50. The minimum absolute atomic E-state index is 0. The van der Waals surface area contributed by atoms with Gasteiger partial charge in [-0.3, -0.25) is 0 Å². The van der Waals surface area contributed by atoms with Crippen LogP contribution in [0.25, 0.3) is 0 Å². The van der Waals surface area contributed by atoms with Crippen molar-refractivity contribution in [3.05, 3.63) is 47.9 Å². The van der Waals surface area contributed by atoms with Crippen LogP contribution >= 0.6 is 24.8 Å². The number of para-hydroxylation sites is 1. The second-order valence-corrected chi connectivity index (χ2v) is 5.30. The predicted octanol–water partition coefficient (Wildman–Crippen LogP) is 4.33. The molecule has 0 radical (unpaired) electrons. The minimum atomic E-state index is -0.457. The normalized spacial score (nSPS) is 14.2. The van der Waals surface area contributed by atoms with Crippen LogP contribution in [-0.4, -0.2) is 25.2 Å². The Kier molecular flexibility index (Phi) is 8.25. The van der Waals surface area contributed by atoms with E-state index in [0.717, 1.165) is 31.5 Å². The molecular formula is C17H21Cl2FN2O2. The number of benzene rings is 1. The molecule has 2 aromatic rings. The van der Waals surface area contributed by atoms with Gasteiger partial charge in [0.1, 0.15) is 0 Å². The fourth-order valence-corrected chi connectivity index (χ4v) is 2.78. The van der Waals surface area contributed by atoms with Crippen molar-refractivity contribution in [1.82, 2.24) is 10.3 Å². The van der Waals surface area contributed by atoms with E-state index >= 15 is 0 Å². The summed E-state index contributed by atoms with van der Waals surface area (Å²) in [6.45, 7) is 1.95. The Labute approximate surface area is 153 Å². The molecule has 0 aliphatic carbocycles. The molecular weight excluding hydrogens is 354 g/mol. The number of pyridine rings is 1. The van der Waals surface area contributed by atoms with Crippen molar-refractivity contribution in [2.24, 2.45) is 0 Å². The molecule has 1 N–H and O–H groups in total. The predicted molar refractivity (Wildman–Crippen MR) is 96.6 cm³/mol. The van der Waals surface area contributed by atoms with Crippen LogP contribution in [0, 0.1) is 5.82 Å². The Morgan fingerprint density at radius 2 is 1.88 bits per heavy atom. The van der Waals surface area contributed by atoms with Gasteiger partial charge in [-0.25, -0.2) is 9.37 Å². The van der Waals surface area contributed by atoms with Crippen molar-refractivity contribution in [2.45, 2.75) is 18.8 Å². The topological polar surface area (TPSA) is 43.4 Å². The van der Waals surface area contributed by atoms with Gasteiger partial charge in [-0.15, -0.1) is 24.8 Å². The monoisotopic (exact) mass is 374 g/mol. The highest BCUT2D eigenvalue weighted by Crippen LogP contribution is 2.37. The second kappa shape index (κ2) is 9.67. The minimum Gasteiger partial charge on any atom is -0.493 e.